The minimum absolute atomic E-state index is 0.672. The van der Waals surface area contributed by atoms with Gasteiger partial charge in [0.25, 0.3) is 0 Å². The van der Waals surface area contributed by atoms with E-state index in [1.807, 2.05) is 169 Å². The first-order chi connectivity index (χ1) is 69.9. The number of furan rings is 4. The zero-order chi connectivity index (χ0) is 92.4. The van der Waals surface area contributed by atoms with E-state index in [2.05, 4.69) is 309 Å². The quantitative estimate of drug-likeness (QED) is 0.129. The molecule has 12 aromatic heterocycles. The molecule has 0 fully saturated rings. The fraction of sp³-hybridized carbons (Fsp3) is 0. The van der Waals surface area contributed by atoms with Crippen LogP contribution in [0.5, 0.6) is 0 Å². The monoisotopic (exact) mass is 1820 g/mol. The summed E-state index contributed by atoms with van der Waals surface area (Å²) in [6.45, 7) is 0. The predicted molar refractivity (Wildman–Crippen MR) is 578 cm³/mol. The molecule has 0 spiro atoms. The van der Waals surface area contributed by atoms with E-state index in [1.54, 1.807) is 0 Å². The first-order valence-electron chi connectivity index (χ1n) is 47.2. The molecular weight excluding hydrogens is 1750 g/mol. The normalized spacial score (nSPS) is 12.0. The number of hydrogen-bond donors (Lipinski definition) is 0. The van der Waals surface area contributed by atoms with Gasteiger partial charge in [-0.2, -0.15) is 0 Å². The molecule has 14 nitrogen and oxygen atoms in total. The molecule has 0 aliphatic carbocycles. The highest BCUT2D eigenvalue weighted by Crippen LogP contribution is 2.49. The second-order valence-corrected chi connectivity index (χ2v) is 36.8. The van der Waals surface area contributed by atoms with E-state index in [1.165, 1.54) is 90.8 Å². The number of thiophene rings is 1. The number of rotatable bonds is 10. The number of hydrogen-bond acceptors (Lipinski definition) is 11. The van der Waals surface area contributed by atoms with Gasteiger partial charge < -0.3 is 35.9 Å². The highest BCUT2D eigenvalue weighted by molar-refractivity contribution is 7.26. The van der Waals surface area contributed by atoms with Crippen molar-refractivity contribution in [1.82, 2.24) is 48.2 Å². The third kappa shape index (κ3) is 12.6. The van der Waals surface area contributed by atoms with Crippen LogP contribution < -0.4 is 0 Å². The van der Waals surface area contributed by atoms with Gasteiger partial charge in [-0.25, -0.2) is 29.9 Å². The SMILES string of the molecule is c1ccc(-c2nc(-c3ccc(-n4c5ccccc5c5ccc6c(c7ccccc7n6-c6ccccc6)c54)cc3)c3oc4ccccc4c3n2)cc1.c1ccc(-c2nc(-c3ccc(-n4c5ccccc5c5ccc6oc7ccccc7c6c54)cc3)c3oc4ccccc4c3n2)cc1.c1ccc(-c2nc(-c3ccc(-n4c5ccccc5c5ccc6sc7ccccc7c6c54)cc3)c3oc4ccccc4c3n2)cc1. The van der Waals surface area contributed by atoms with Crippen molar-refractivity contribution in [2.24, 2.45) is 0 Å². The molecule has 12 heterocycles. The van der Waals surface area contributed by atoms with Crippen molar-refractivity contribution < 1.29 is 17.7 Å². The predicted octanol–water partition coefficient (Wildman–Crippen LogP) is 33.8. The average molecular weight is 1820 g/mol. The minimum Gasteiger partial charge on any atom is -0.456 e. The standard InChI is InChI=1S/C46H28N4O.C40H23N3O2.C40H23N3OS/c1-3-13-30(14-4-1)46-47-42(45-43(48-46)36-19-9-12-22-40(36)51-45)29-23-25-32(26-24-29)50-37-20-10-7-17-33(37)34-27-28-39-41(44(34)50)35-18-8-11-21-38(35)49(39)31-15-5-2-6-16-31;1-2-10-25(11-3-1)40-41-36(39-37(42-40)30-14-6-9-17-33(30)45-39)24-18-20-26(21-19-24)43-31-15-7-4-12-27(31)28-22-23-34-35(38(28)43)29-13-5-8-16-32(29)44-34;1-2-10-25(11-3-1)40-41-36(39-37(42-40)29-13-5-8-16-32(29)44-39)24-18-20-26(21-19-24)43-31-15-7-4-12-27(31)28-22-23-34-35(38(28)43)30-14-6-9-17-33(30)45-34/h1-28H;2*1-23H. The van der Waals surface area contributed by atoms with Gasteiger partial charge in [0.1, 0.15) is 61.5 Å². The Labute approximate surface area is 806 Å². The molecule has 19 aromatic carbocycles. The van der Waals surface area contributed by atoms with Crippen LogP contribution in [0.1, 0.15) is 0 Å². The molecule has 0 atom stereocenters. The Bertz CT molecular complexity index is 10100. The summed E-state index contributed by atoms with van der Waals surface area (Å²) >= 11 is 1.85. The van der Waals surface area contributed by atoms with E-state index in [0.717, 1.165) is 161 Å². The molecule has 0 aliphatic rings. The molecule has 31 rings (SSSR count). The Balaban J connectivity index is 0.000000102. The van der Waals surface area contributed by atoms with Crippen LogP contribution in [0, 0.1) is 0 Å². The Kier molecular flexibility index (Phi) is 17.9. The van der Waals surface area contributed by atoms with Gasteiger partial charge in [0.05, 0.1) is 49.5 Å². The molecule has 0 radical (unpaired) electrons. The van der Waals surface area contributed by atoms with Crippen molar-refractivity contribution in [3.63, 3.8) is 0 Å². The summed E-state index contributed by atoms with van der Waals surface area (Å²) < 4.78 is 37.7. The first kappa shape index (κ1) is 79.4. The zero-order valence-electron chi connectivity index (χ0n) is 75.2. The third-order valence-electron chi connectivity index (χ3n) is 27.8. The van der Waals surface area contributed by atoms with Crippen molar-refractivity contribution >= 4 is 207 Å². The Morgan fingerprint density at radius 3 is 0.908 bits per heavy atom. The fourth-order valence-electron chi connectivity index (χ4n) is 21.5. The van der Waals surface area contributed by atoms with Crippen molar-refractivity contribution in [1.29, 1.82) is 0 Å². The van der Waals surface area contributed by atoms with Gasteiger partial charge >= 0.3 is 0 Å². The van der Waals surface area contributed by atoms with Crippen LogP contribution >= 0.6 is 11.3 Å². The summed E-state index contributed by atoms with van der Waals surface area (Å²) in [4.78, 5) is 30.3. The summed E-state index contributed by atoms with van der Waals surface area (Å²) in [5.41, 5.74) is 30.7. The van der Waals surface area contributed by atoms with E-state index in [9.17, 15) is 0 Å². The molecule has 0 saturated carbocycles. The molecule has 0 unspecified atom stereocenters. The van der Waals surface area contributed by atoms with Gasteiger partial charge in [0.15, 0.2) is 34.2 Å². The summed E-state index contributed by atoms with van der Waals surface area (Å²) in [5.74, 6) is 2.03. The maximum Gasteiger partial charge on any atom is 0.180 e. The van der Waals surface area contributed by atoms with Crippen molar-refractivity contribution in [2.75, 3.05) is 0 Å². The van der Waals surface area contributed by atoms with Crippen molar-refractivity contribution in [3.8, 4) is 90.7 Å². The lowest BCUT2D eigenvalue weighted by atomic mass is 10.1. The van der Waals surface area contributed by atoms with Gasteiger partial charge in [0.2, 0.25) is 0 Å². The lowest BCUT2D eigenvalue weighted by Gasteiger charge is -2.11. The molecule has 0 saturated heterocycles. The first-order valence-corrected chi connectivity index (χ1v) is 48.0. The maximum absolute atomic E-state index is 6.44. The highest BCUT2D eigenvalue weighted by atomic mass is 32.1. The van der Waals surface area contributed by atoms with Crippen LogP contribution in [0.2, 0.25) is 0 Å². The zero-order valence-corrected chi connectivity index (χ0v) is 76.1. The minimum atomic E-state index is 0.672. The molecule has 0 aliphatic heterocycles. The molecule has 0 N–H and O–H groups in total. The van der Waals surface area contributed by atoms with Crippen molar-refractivity contribution in [2.45, 2.75) is 0 Å². The highest BCUT2D eigenvalue weighted by Gasteiger charge is 2.28. The van der Waals surface area contributed by atoms with E-state index >= 15 is 0 Å². The molecule has 0 bridgehead atoms. The third-order valence-corrected chi connectivity index (χ3v) is 28.9. The van der Waals surface area contributed by atoms with Crippen molar-refractivity contribution in [3.05, 3.63) is 449 Å². The van der Waals surface area contributed by atoms with E-state index in [-0.39, 0.29) is 0 Å². The Hall–Kier alpha value is -19.0. The van der Waals surface area contributed by atoms with Crippen LogP contribution in [0.4, 0.5) is 0 Å². The van der Waals surface area contributed by atoms with Crippen LogP contribution in [0.3, 0.4) is 0 Å². The second-order valence-electron chi connectivity index (χ2n) is 35.7. The second kappa shape index (κ2) is 31.8. The molecule has 141 heavy (non-hydrogen) atoms. The molecular formula is C126H74N10O4S. The number of benzene rings is 19. The smallest absolute Gasteiger partial charge is 0.180 e. The molecule has 658 valence electrons. The van der Waals surface area contributed by atoms with Crippen LogP contribution in [0.15, 0.2) is 467 Å². The van der Waals surface area contributed by atoms with Crippen LogP contribution in [-0.4, -0.2) is 48.2 Å². The molecule has 15 heteroatoms. The maximum atomic E-state index is 6.44. The Morgan fingerprint density at radius 2 is 0.482 bits per heavy atom. The Morgan fingerprint density at radius 1 is 0.170 bits per heavy atom. The van der Waals surface area contributed by atoms with Gasteiger partial charge in [-0.1, -0.05) is 303 Å². The average Bonchev–Trinajstić information content (AvgIpc) is 1.54. The van der Waals surface area contributed by atoms with Gasteiger partial charge in [-0.3, -0.25) is 0 Å². The van der Waals surface area contributed by atoms with E-state index in [0.29, 0.717) is 34.2 Å². The summed E-state index contributed by atoms with van der Waals surface area (Å²) in [6.07, 6.45) is 0. The number of para-hydroxylation sites is 9. The fourth-order valence-corrected chi connectivity index (χ4v) is 22.6. The lowest BCUT2D eigenvalue weighted by molar-refractivity contribution is 0.667. The van der Waals surface area contributed by atoms with E-state index in [4.69, 9.17) is 47.6 Å². The lowest BCUT2D eigenvalue weighted by Crippen LogP contribution is -1.96. The molecule has 0 amide bonds. The number of nitrogens with zero attached hydrogens (tertiary/aromatic N) is 10. The van der Waals surface area contributed by atoms with Crippen LogP contribution in [0.25, 0.3) is 286 Å². The largest absolute Gasteiger partial charge is 0.456 e. The number of aromatic nitrogens is 10. The number of fused-ring (bicyclic) bond motifs is 30. The summed E-state index contributed by atoms with van der Waals surface area (Å²) in [6, 6.07) is 156. The van der Waals surface area contributed by atoms with Gasteiger partial charge in [-0.15, -0.1) is 11.3 Å². The molecule has 31 aromatic rings. The van der Waals surface area contributed by atoms with Crippen LogP contribution in [-0.2, 0) is 0 Å². The van der Waals surface area contributed by atoms with E-state index < -0.39 is 0 Å². The van der Waals surface area contributed by atoms with Gasteiger partial charge in [0, 0.05) is 141 Å². The topological polar surface area (TPSA) is 150 Å². The summed E-state index contributed by atoms with van der Waals surface area (Å²) in [7, 11) is 0. The summed E-state index contributed by atoms with van der Waals surface area (Å²) in [5, 5.41) is 17.6. The van der Waals surface area contributed by atoms with Gasteiger partial charge in [-0.05, 0) is 146 Å².